The van der Waals surface area contributed by atoms with Crippen LogP contribution in [0.2, 0.25) is 0 Å². The summed E-state index contributed by atoms with van der Waals surface area (Å²) in [5, 5.41) is 9.60. The summed E-state index contributed by atoms with van der Waals surface area (Å²) in [6, 6.07) is 15.9. The van der Waals surface area contributed by atoms with Crippen LogP contribution in [-0.4, -0.2) is 70.0 Å². The molecule has 0 radical (unpaired) electrons. The van der Waals surface area contributed by atoms with Crippen LogP contribution >= 0.6 is 23.5 Å². The van der Waals surface area contributed by atoms with Crippen LogP contribution in [0.1, 0.15) is 17.5 Å². The smallest absolute Gasteiger partial charge is 0.275 e. The van der Waals surface area contributed by atoms with E-state index in [0.717, 1.165) is 47.2 Å². The van der Waals surface area contributed by atoms with Crippen molar-refractivity contribution in [2.24, 2.45) is 0 Å². The van der Waals surface area contributed by atoms with Gasteiger partial charge in [-0.25, -0.2) is 5.48 Å². The third-order valence-electron chi connectivity index (χ3n) is 6.03. The highest BCUT2D eigenvalue weighted by Gasteiger charge is 2.47. The van der Waals surface area contributed by atoms with Crippen LogP contribution in [0.3, 0.4) is 0 Å². The minimum Gasteiger partial charge on any atom is -0.497 e. The van der Waals surface area contributed by atoms with Gasteiger partial charge in [-0.3, -0.25) is 19.8 Å². The average Bonchev–Trinajstić information content (AvgIpc) is 2.85. The minimum absolute atomic E-state index is 0.0105. The Kier molecular flexibility index (Phi) is 8.08. The van der Waals surface area contributed by atoms with Crippen LogP contribution in [0, 0.1) is 0 Å². The number of nitrogens with one attached hydrogen (secondary N) is 1. The number of ether oxygens (including phenoxy) is 2. The molecule has 2 aliphatic rings. The highest BCUT2D eigenvalue weighted by molar-refractivity contribution is 8.18. The van der Waals surface area contributed by atoms with E-state index in [1.54, 1.807) is 14.2 Å². The minimum atomic E-state index is -0.576. The third kappa shape index (κ3) is 5.78. The van der Waals surface area contributed by atoms with Gasteiger partial charge in [0.15, 0.2) is 0 Å². The Morgan fingerprint density at radius 3 is 1.79 bits per heavy atom. The van der Waals surface area contributed by atoms with Gasteiger partial charge in [-0.05, 0) is 53.3 Å². The maximum Gasteiger partial charge on any atom is 0.275 e. The molecule has 33 heavy (non-hydrogen) atoms. The molecule has 2 heterocycles. The van der Waals surface area contributed by atoms with Crippen molar-refractivity contribution in [3.8, 4) is 11.5 Å². The monoisotopic (exact) mass is 489 g/mol. The van der Waals surface area contributed by atoms with Crippen LogP contribution in [0.25, 0.3) is 0 Å². The first-order valence-corrected chi connectivity index (χ1v) is 13.0. The lowest BCUT2D eigenvalue weighted by Crippen LogP contribution is -2.66. The van der Waals surface area contributed by atoms with Gasteiger partial charge in [0.05, 0.1) is 18.3 Å². The van der Waals surface area contributed by atoms with Crippen LogP contribution in [-0.2, 0) is 17.9 Å². The summed E-state index contributed by atoms with van der Waals surface area (Å²) >= 11 is 3.99. The summed E-state index contributed by atoms with van der Waals surface area (Å²) in [6.45, 7) is 2.74. The van der Waals surface area contributed by atoms with Gasteiger partial charge >= 0.3 is 0 Å². The zero-order chi connectivity index (χ0) is 23.3. The number of carbonyl (C=O) groups excluding carboxylic acids is 1. The SMILES string of the molecule is COc1ccc(CN2CC3(CN(Cc4ccc(OC)cc4)C2C(=O)NO)SCCCS3)cc1. The van der Waals surface area contributed by atoms with Crippen molar-refractivity contribution >= 4 is 29.4 Å². The first-order chi connectivity index (χ1) is 16.1. The molecule has 0 aromatic heterocycles. The van der Waals surface area contributed by atoms with Crippen molar-refractivity contribution < 1.29 is 19.5 Å². The predicted molar refractivity (Wildman–Crippen MR) is 133 cm³/mol. The molecule has 2 aromatic carbocycles. The van der Waals surface area contributed by atoms with Crippen LogP contribution < -0.4 is 15.0 Å². The third-order valence-corrected chi connectivity index (χ3v) is 9.29. The van der Waals surface area contributed by atoms with Crippen molar-refractivity contribution in [3.63, 3.8) is 0 Å². The van der Waals surface area contributed by atoms with E-state index in [4.69, 9.17) is 9.47 Å². The number of amides is 1. The number of carbonyl (C=O) groups is 1. The Bertz CT molecular complexity index is 859. The summed E-state index contributed by atoms with van der Waals surface area (Å²) in [7, 11) is 3.30. The summed E-state index contributed by atoms with van der Waals surface area (Å²) in [4.78, 5) is 17.3. The number of thioether (sulfide) groups is 2. The van der Waals surface area contributed by atoms with Crippen molar-refractivity contribution in [1.82, 2.24) is 15.3 Å². The molecule has 9 heteroatoms. The summed E-state index contributed by atoms with van der Waals surface area (Å²) in [6.07, 6.45) is 0.627. The number of benzene rings is 2. The van der Waals surface area contributed by atoms with Gasteiger partial charge in [0.1, 0.15) is 17.7 Å². The Morgan fingerprint density at radius 2 is 1.39 bits per heavy atom. The van der Waals surface area contributed by atoms with Gasteiger partial charge in [0.25, 0.3) is 5.91 Å². The highest BCUT2D eigenvalue weighted by atomic mass is 32.2. The second-order valence-electron chi connectivity index (χ2n) is 8.32. The molecule has 0 aliphatic carbocycles. The number of methoxy groups -OCH3 is 2. The number of hydroxylamine groups is 1. The van der Waals surface area contributed by atoms with Gasteiger partial charge in [0, 0.05) is 26.2 Å². The Hall–Kier alpha value is -1.91. The second kappa shape index (κ2) is 11.0. The van der Waals surface area contributed by atoms with Crippen LogP contribution in [0.4, 0.5) is 0 Å². The molecule has 2 fully saturated rings. The molecule has 2 saturated heterocycles. The normalized spacial score (nSPS) is 19.4. The molecule has 0 atom stereocenters. The van der Waals surface area contributed by atoms with E-state index in [0.29, 0.717) is 13.1 Å². The zero-order valence-corrected chi connectivity index (χ0v) is 20.7. The fraction of sp³-hybridized carbons (Fsp3) is 0.458. The maximum atomic E-state index is 12.9. The second-order valence-corrected chi connectivity index (χ2v) is 11.5. The molecule has 1 spiro atoms. The summed E-state index contributed by atoms with van der Waals surface area (Å²) in [5.74, 6) is 3.45. The summed E-state index contributed by atoms with van der Waals surface area (Å²) < 4.78 is 10.6. The molecule has 4 rings (SSSR count). The Balaban J connectivity index is 1.63. The van der Waals surface area contributed by atoms with E-state index in [2.05, 4.69) is 9.80 Å². The van der Waals surface area contributed by atoms with E-state index in [1.807, 2.05) is 77.5 Å². The Labute approximate surface area is 203 Å². The molecule has 2 N–H and O–H groups in total. The fourth-order valence-corrected chi connectivity index (χ4v) is 7.84. The first kappa shape index (κ1) is 24.2. The van der Waals surface area contributed by atoms with Gasteiger partial charge in [-0.1, -0.05) is 24.3 Å². The van der Waals surface area contributed by atoms with Gasteiger partial charge in [-0.15, -0.1) is 23.5 Å². The molecular weight excluding hydrogens is 458 g/mol. The molecule has 7 nitrogen and oxygen atoms in total. The zero-order valence-electron chi connectivity index (χ0n) is 19.0. The first-order valence-electron chi connectivity index (χ1n) is 11.0. The van der Waals surface area contributed by atoms with Gasteiger partial charge < -0.3 is 9.47 Å². The fourth-order valence-electron chi connectivity index (χ4n) is 4.48. The predicted octanol–water partition coefficient (Wildman–Crippen LogP) is 3.42. The Morgan fingerprint density at radius 1 is 0.939 bits per heavy atom. The molecule has 0 saturated carbocycles. The molecule has 2 aromatic rings. The highest BCUT2D eigenvalue weighted by Crippen LogP contribution is 2.46. The van der Waals surface area contributed by atoms with Gasteiger partial charge in [0.2, 0.25) is 0 Å². The average molecular weight is 490 g/mol. The van der Waals surface area contributed by atoms with E-state index in [1.165, 1.54) is 6.42 Å². The molecular formula is C24H31N3O4S2. The lowest BCUT2D eigenvalue weighted by atomic mass is 10.1. The van der Waals surface area contributed by atoms with Crippen molar-refractivity contribution in [1.29, 1.82) is 0 Å². The number of rotatable bonds is 7. The standard InChI is InChI=1S/C24H31N3O4S2/c1-30-20-8-4-18(5-9-20)14-26-16-24(32-12-3-13-33-24)17-27(23(26)22(28)25-29)15-19-6-10-21(31-2)11-7-19/h4-11,23,29H,3,12-17H2,1-2H3,(H,25,28). The van der Waals surface area contributed by atoms with Crippen molar-refractivity contribution in [3.05, 3.63) is 59.7 Å². The van der Waals surface area contributed by atoms with Gasteiger partial charge in [-0.2, -0.15) is 0 Å². The molecule has 1 amide bonds. The topological polar surface area (TPSA) is 74.3 Å². The van der Waals surface area contributed by atoms with E-state index < -0.39 is 12.1 Å². The van der Waals surface area contributed by atoms with Crippen LogP contribution in [0.5, 0.6) is 11.5 Å². The largest absolute Gasteiger partial charge is 0.497 e. The number of nitrogens with zero attached hydrogens (tertiary/aromatic N) is 2. The molecule has 0 unspecified atom stereocenters. The molecule has 2 aliphatic heterocycles. The van der Waals surface area contributed by atoms with E-state index >= 15 is 0 Å². The maximum absolute atomic E-state index is 12.9. The van der Waals surface area contributed by atoms with E-state index in [9.17, 15) is 10.0 Å². The summed E-state index contributed by atoms with van der Waals surface area (Å²) in [5.41, 5.74) is 4.11. The van der Waals surface area contributed by atoms with Crippen molar-refractivity contribution in [2.45, 2.75) is 29.8 Å². The number of hydrogen-bond donors (Lipinski definition) is 2. The lowest BCUT2D eigenvalue weighted by molar-refractivity contribution is -0.146. The van der Waals surface area contributed by atoms with Crippen molar-refractivity contribution in [2.75, 3.05) is 38.8 Å². The van der Waals surface area contributed by atoms with Crippen LogP contribution in [0.15, 0.2) is 48.5 Å². The molecule has 178 valence electrons. The number of hydrogen-bond acceptors (Lipinski definition) is 8. The molecule has 0 bridgehead atoms. The quantitative estimate of drug-likeness (QED) is 0.453. The van der Waals surface area contributed by atoms with E-state index in [-0.39, 0.29) is 4.08 Å². The lowest BCUT2D eigenvalue weighted by Gasteiger charge is -2.52.